The SMILES string of the molecule is Cc1cccnc1-c1nc(Cl)c(C)c(-c2ccccc2)n1. The molecule has 0 aliphatic rings. The molecule has 0 amide bonds. The minimum absolute atomic E-state index is 0.462. The van der Waals surface area contributed by atoms with E-state index in [4.69, 9.17) is 11.6 Å². The second kappa shape index (κ2) is 5.62. The second-order valence-corrected chi connectivity index (χ2v) is 5.20. The van der Waals surface area contributed by atoms with Gasteiger partial charge in [0.15, 0.2) is 5.82 Å². The van der Waals surface area contributed by atoms with Gasteiger partial charge in [-0.15, -0.1) is 0 Å². The van der Waals surface area contributed by atoms with Crippen molar-refractivity contribution in [3.05, 3.63) is 64.9 Å². The Balaban J connectivity index is 2.22. The summed E-state index contributed by atoms with van der Waals surface area (Å²) in [7, 11) is 0. The monoisotopic (exact) mass is 295 g/mol. The van der Waals surface area contributed by atoms with E-state index < -0.39 is 0 Å². The zero-order valence-corrected chi connectivity index (χ0v) is 12.6. The zero-order valence-electron chi connectivity index (χ0n) is 11.8. The number of hydrogen-bond acceptors (Lipinski definition) is 3. The smallest absolute Gasteiger partial charge is 0.180 e. The first-order valence-electron chi connectivity index (χ1n) is 6.68. The molecule has 0 aliphatic carbocycles. The molecule has 0 N–H and O–H groups in total. The van der Waals surface area contributed by atoms with Crippen molar-refractivity contribution in [3.8, 4) is 22.8 Å². The third-order valence-electron chi connectivity index (χ3n) is 3.35. The number of aryl methyl sites for hydroxylation is 1. The Morgan fingerprint density at radius 3 is 2.33 bits per heavy atom. The zero-order chi connectivity index (χ0) is 14.8. The highest BCUT2D eigenvalue weighted by Crippen LogP contribution is 2.28. The maximum absolute atomic E-state index is 6.29. The van der Waals surface area contributed by atoms with E-state index in [1.807, 2.05) is 56.3 Å². The molecule has 3 aromatic rings. The van der Waals surface area contributed by atoms with E-state index in [0.717, 1.165) is 28.1 Å². The summed E-state index contributed by atoms with van der Waals surface area (Å²) >= 11 is 6.29. The molecule has 104 valence electrons. The first kappa shape index (κ1) is 13.7. The summed E-state index contributed by atoms with van der Waals surface area (Å²) in [5.74, 6) is 0.558. The van der Waals surface area contributed by atoms with Gasteiger partial charge in [0, 0.05) is 17.3 Å². The normalized spacial score (nSPS) is 10.6. The van der Waals surface area contributed by atoms with E-state index in [1.165, 1.54) is 0 Å². The topological polar surface area (TPSA) is 38.7 Å². The van der Waals surface area contributed by atoms with Gasteiger partial charge in [-0.05, 0) is 25.5 Å². The number of aromatic nitrogens is 3. The molecule has 0 bridgehead atoms. The first-order chi connectivity index (χ1) is 10.2. The lowest BCUT2D eigenvalue weighted by molar-refractivity contribution is 1.10. The molecule has 2 aromatic heterocycles. The van der Waals surface area contributed by atoms with Crippen molar-refractivity contribution in [2.75, 3.05) is 0 Å². The van der Waals surface area contributed by atoms with Gasteiger partial charge in [0.2, 0.25) is 0 Å². The lowest BCUT2D eigenvalue weighted by atomic mass is 10.1. The first-order valence-corrected chi connectivity index (χ1v) is 7.06. The van der Waals surface area contributed by atoms with Crippen molar-refractivity contribution in [3.63, 3.8) is 0 Å². The number of rotatable bonds is 2. The predicted molar refractivity (Wildman–Crippen MR) is 85.2 cm³/mol. The van der Waals surface area contributed by atoms with Gasteiger partial charge in [0.25, 0.3) is 0 Å². The fourth-order valence-electron chi connectivity index (χ4n) is 2.19. The van der Waals surface area contributed by atoms with Crippen molar-refractivity contribution >= 4 is 11.6 Å². The molecule has 3 nitrogen and oxygen atoms in total. The Morgan fingerprint density at radius 2 is 1.62 bits per heavy atom. The van der Waals surface area contributed by atoms with Crippen LogP contribution in [0.15, 0.2) is 48.7 Å². The van der Waals surface area contributed by atoms with E-state index >= 15 is 0 Å². The molecular weight excluding hydrogens is 282 g/mol. The molecule has 0 aliphatic heterocycles. The number of nitrogens with zero attached hydrogens (tertiary/aromatic N) is 3. The number of benzene rings is 1. The highest BCUT2D eigenvalue weighted by Gasteiger charge is 2.14. The fourth-order valence-corrected chi connectivity index (χ4v) is 2.36. The summed E-state index contributed by atoms with van der Waals surface area (Å²) in [6.07, 6.45) is 1.74. The molecule has 2 heterocycles. The van der Waals surface area contributed by atoms with Crippen molar-refractivity contribution in [1.29, 1.82) is 0 Å². The van der Waals surface area contributed by atoms with Crippen LogP contribution in [0.2, 0.25) is 5.15 Å². The van der Waals surface area contributed by atoms with Gasteiger partial charge in [0.05, 0.1) is 5.69 Å². The van der Waals surface area contributed by atoms with Gasteiger partial charge in [0.1, 0.15) is 10.8 Å². The second-order valence-electron chi connectivity index (χ2n) is 4.85. The molecule has 1 aromatic carbocycles. The van der Waals surface area contributed by atoms with Crippen molar-refractivity contribution in [2.45, 2.75) is 13.8 Å². The molecule has 0 saturated heterocycles. The molecular formula is C17H14ClN3. The molecule has 0 saturated carbocycles. The van der Waals surface area contributed by atoms with Crippen LogP contribution in [0.3, 0.4) is 0 Å². The van der Waals surface area contributed by atoms with Gasteiger partial charge >= 0.3 is 0 Å². The summed E-state index contributed by atoms with van der Waals surface area (Å²) in [5, 5.41) is 0.462. The minimum atomic E-state index is 0.462. The van der Waals surface area contributed by atoms with E-state index in [9.17, 15) is 0 Å². The lowest BCUT2D eigenvalue weighted by Gasteiger charge is -2.10. The third-order valence-corrected chi connectivity index (χ3v) is 3.72. The maximum atomic E-state index is 6.29. The average molecular weight is 296 g/mol. The van der Waals surface area contributed by atoms with Crippen LogP contribution in [0, 0.1) is 13.8 Å². The van der Waals surface area contributed by atoms with Gasteiger partial charge in [-0.2, -0.15) is 0 Å². The molecule has 0 radical (unpaired) electrons. The molecule has 3 rings (SSSR count). The lowest BCUT2D eigenvalue weighted by Crippen LogP contribution is -1.99. The standard InChI is InChI=1S/C17H14ClN3/c1-11-7-6-10-19-14(11)17-20-15(12(2)16(18)21-17)13-8-4-3-5-9-13/h3-10H,1-2H3. The van der Waals surface area contributed by atoms with Crippen LogP contribution in [0.25, 0.3) is 22.8 Å². The Kier molecular flexibility index (Phi) is 3.67. The fraction of sp³-hybridized carbons (Fsp3) is 0.118. The molecule has 0 fully saturated rings. The van der Waals surface area contributed by atoms with Gasteiger partial charge in [-0.25, -0.2) is 9.97 Å². The van der Waals surface area contributed by atoms with E-state index in [2.05, 4.69) is 15.0 Å². The van der Waals surface area contributed by atoms with Crippen LogP contribution < -0.4 is 0 Å². The summed E-state index contributed by atoms with van der Waals surface area (Å²) in [6.45, 7) is 3.92. The van der Waals surface area contributed by atoms with E-state index in [0.29, 0.717) is 11.0 Å². The van der Waals surface area contributed by atoms with Crippen molar-refractivity contribution in [1.82, 2.24) is 15.0 Å². The van der Waals surface area contributed by atoms with Crippen LogP contribution in [-0.2, 0) is 0 Å². The van der Waals surface area contributed by atoms with Crippen molar-refractivity contribution < 1.29 is 0 Å². The Bertz CT molecular complexity index is 785. The highest BCUT2D eigenvalue weighted by atomic mass is 35.5. The summed E-state index contributed by atoms with van der Waals surface area (Å²) in [4.78, 5) is 13.4. The van der Waals surface area contributed by atoms with Crippen LogP contribution >= 0.6 is 11.6 Å². The molecule has 0 unspecified atom stereocenters. The molecule has 4 heteroatoms. The quantitative estimate of drug-likeness (QED) is 0.654. The van der Waals surface area contributed by atoms with E-state index in [-0.39, 0.29) is 0 Å². The van der Waals surface area contributed by atoms with Gasteiger partial charge in [-0.1, -0.05) is 48.0 Å². The number of pyridine rings is 1. The summed E-state index contributed by atoms with van der Waals surface area (Å²) in [6, 6.07) is 13.9. The third kappa shape index (κ3) is 2.65. The van der Waals surface area contributed by atoms with Crippen LogP contribution in [-0.4, -0.2) is 15.0 Å². The molecule has 0 atom stereocenters. The Labute approximate surface area is 128 Å². The number of hydrogen-bond donors (Lipinski definition) is 0. The van der Waals surface area contributed by atoms with Crippen LogP contribution in [0.1, 0.15) is 11.1 Å². The Hall–Kier alpha value is -2.26. The van der Waals surface area contributed by atoms with Gasteiger partial charge < -0.3 is 0 Å². The summed E-state index contributed by atoms with van der Waals surface area (Å²) in [5.41, 5.74) is 4.53. The summed E-state index contributed by atoms with van der Waals surface area (Å²) < 4.78 is 0. The maximum Gasteiger partial charge on any atom is 0.180 e. The van der Waals surface area contributed by atoms with E-state index in [1.54, 1.807) is 6.20 Å². The molecule has 21 heavy (non-hydrogen) atoms. The van der Waals surface area contributed by atoms with Gasteiger partial charge in [-0.3, -0.25) is 4.98 Å². The Morgan fingerprint density at radius 1 is 0.857 bits per heavy atom. The average Bonchev–Trinajstić information content (AvgIpc) is 2.51. The van der Waals surface area contributed by atoms with Crippen LogP contribution in [0.4, 0.5) is 0 Å². The molecule has 0 spiro atoms. The largest absolute Gasteiger partial charge is 0.253 e. The minimum Gasteiger partial charge on any atom is -0.253 e. The highest BCUT2D eigenvalue weighted by molar-refractivity contribution is 6.30. The van der Waals surface area contributed by atoms with Crippen molar-refractivity contribution in [2.24, 2.45) is 0 Å². The van der Waals surface area contributed by atoms with Crippen LogP contribution in [0.5, 0.6) is 0 Å². The predicted octanol–water partition coefficient (Wildman–Crippen LogP) is 4.48. The number of halogens is 1.